The molecule has 0 bridgehead atoms. The molecule has 2 aromatic rings. The van der Waals surface area contributed by atoms with Gasteiger partial charge in [0.1, 0.15) is 5.01 Å². The highest BCUT2D eigenvalue weighted by Crippen LogP contribution is 2.36. The van der Waals surface area contributed by atoms with Crippen molar-refractivity contribution in [3.8, 4) is 0 Å². The number of fused-ring (bicyclic) bond motifs is 1. The Labute approximate surface area is 111 Å². The molecule has 2 rings (SSSR count). The van der Waals surface area contributed by atoms with Gasteiger partial charge in [0, 0.05) is 11.3 Å². The highest BCUT2D eigenvalue weighted by molar-refractivity contribution is 7.26. The maximum absolute atomic E-state index is 4.74. The zero-order valence-corrected chi connectivity index (χ0v) is 13.0. The predicted molar refractivity (Wildman–Crippen MR) is 77.2 cm³/mol. The summed E-state index contributed by atoms with van der Waals surface area (Å²) in [4.78, 5) is 11.7. The van der Waals surface area contributed by atoms with Crippen molar-refractivity contribution in [1.82, 2.24) is 9.97 Å². The van der Waals surface area contributed by atoms with E-state index < -0.39 is 0 Å². The standard InChI is InChI=1S/C13H20N2S2/c1-7(2)8(3)9-14-10-11(16-9)15-12(17-10)13(4,5)6/h7-8H,1-6H3. The highest BCUT2D eigenvalue weighted by Gasteiger charge is 2.22. The van der Waals surface area contributed by atoms with Gasteiger partial charge in [-0.15, -0.1) is 0 Å². The number of aromatic nitrogens is 2. The lowest BCUT2D eigenvalue weighted by Gasteiger charge is -2.13. The third kappa shape index (κ3) is 2.52. The number of hydrogen-bond acceptors (Lipinski definition) is 4. The van der Waals surface area contributed by atoms with Gasteiger partial charge in [-0.3, -0.25) is 0 Å². The molecule has 2 aromatic heterocycles. The van der Waals surface area contributed by atoms with E-state index in [0.29, 0.717) is 11.8 Å². The van der Waals surface area contributed by atoms with Crippen LogP contribution in [0.15, 0.2) is 0 Å². The molecular formula is C13H20N2S2. The number of thiazole rings is 2. The summed E-state index contributed by atoms with van der Waals surface area (Å²) < 4.78 is 0. The summed E-state index contributed by atoms with van der Waals surface area (Å²) in [5.41, 5.74) is 0.134. The van der Waals surface area contributed by atoms with Crippen LogP contribution in [0, 0.1) is 5.92 Å². The molecule has 2 heterocycles. The van der Waals surface area contributed by atoms with E-state index in [-0.39, 0.29) is 5.41 Å². The predicted octanol–water partition coefficient (Wildman–Crippen LogP) is 4.81. The molecule has 94 valence electrons. The fourth-order valence-corrected chi connectivity index (χ4v) is 3.79. The van der Waals surface area contributed by atoms with Crippen molar-refractivity contribution < 1.29 is 0 Å². The Morgan fingerprint density at radius 3 is 2.00 bits per heavy atom. The third-order valence-corrected chi connectivity index (χ3v) is 5.68. The topological polar surface area (TPSA) is 25.8 Å². The van der Waals surface area contributed by atoms with E-state index in [9.17, 15) is 0 Å². The van der Waals surface area contributed by atoms with Gasteiger partial charge in [-0.25, -0.2) is 9.97 Å². The van der Waals surface area contributed by atoms with E-state index in [4.69, 9.17) is 9.97 Å². The van der Waals surface area contributed by atoms with Gasteiger partial charge in [-0.05, 0) is 5.92 Å². The van der Waals surface area contributed by atoms with Crippen LogP contribution < -0.4 is 0 Å². The first-order chi connectivity index (χ1) is 7.79. The summed E-state index contributed by atoms with van der Waals surface area (Å²) in [7, 11) is 0. The van der Waals surface area contributed by atoms with Crippen molar-refractivity contribution in [2.75, 3.05) is 0 Å². The van der Waals surface area contributed by atoms with Crippen LogP contribution in [0.4, 0.5) is 0 Å². The summed E-state index contributed by atoms with van der Waals surface area (Å²) in [6.45, 7) is 13.3. The summed E-state index contributed by atoms with van der Waals surface area (Å²) in [5, 5.41) is 2.42. The summed E-state index contributed by atoms with van der Waals surface area (Å²) in [6, 6.07) is 0. The fourth-order valence-electron chi connectivity index (χ4n) is 1.46. The number of nitrogens with zero attached hydrogens (tertiary/aromatic N) is 2. The summed E-state index contributed by atoms with van der Waals surface area (Å²) in [5.74, 6) is 1.16. The Morgan fingerprint density at radius 1 is 0.941 bits per heavy atom. The molecule has 17 heavy (non-hydrogen) atoms. The highest BCUT2D eigenvalue weighted by atomic mass is 32.1. The monoisotopic (exact) mass is 268 g/mol. The minimum Gasteiger partial charge on any atom is -0.228 e. The molecule has 0 spiro atoms. The molecule has 0 aliphatic carbocycles. The second kappa shape index (κ2) is 4.32. The van der Waals surface area contributed by atoms with E-state index in [2.05, 4.69) is 41.5 Å². The molecule has 0 aromatic carbocycles. The average Bonchev–Trinajstić information content (AvgIpc) is 2.71. The molecule has 1 unspecified atom stereocenters. The van der Waals surface area contributed by atoms with Gasteiger partial charge in [-0.1, -0.05) is 64.2 Å². The van der Waals surface area contributed by atoms with E-state index >= 15 is 0 Å². The fraction of sp³-hybridized carbons (Fsp3) is 0.692. The van der Waals surface area contributed by atoms with E-state index in [1.165, 1.54) is 10.0 Å². The minimum atomic E-state index is 0.134. The zero-order valence-electron chi connectivity index (χ0n) is 11.4. The van der Waals surface area contributed by atoms with Crippen LogP contribution in [0.2, 0.25) is 0 Å². The SMILES string of the molecule is CC(C)C(C)c1nc2sc(C(C)(C)C)nc2s1. The smallest absolute Gasteiger partial charge is 0.155 e. The first-order valence-corrected chi connectivity index (χ1v) is 7.70. The lowest BCUT2D eigenvalue weighted by atomic mass is 9.98. The van der Waals surface area contributed by atoms with Crippen molar-refractivity contribution in [3.05, 3.63) is 10.0 Å². The Balaban J connectivity index is 2.38. The van der Waals surface area contributed by atoms with Gasteiger partial charge in [-0.2, -0.15) is 0 Å². The Hall–Kier alpha value is -0.480. The molecule has 0 saturated heterocycles. The molecule has 0 saturated carbocycles. The first-order valence-electron chi connectivity index (χ1n) is 6.06. The summed E-state index contributed by atoms with van der Waals surface area (Å²) >= 11 is 3.50. The van der Waals surface area contributed by atoms with E-state index in [1.807, 2.05) is 0 Å². The molecule has 2 nitrogen and oxygen atoms in total. The molecule has 0 aliphatic rings. The van der Waals surface area contributed by atoms with Crippen LogP contribution in [-0.2, 0) is 5.41 Å². The lowest BCUT2D eigenvalue weighted by Crippen LogP contribution is -2.09. The van der Waals surface area contributed by atoms with Crippen LogP contribution in [0.5, 0.6) is 0 Å². The zero-order chi connectivity index (χ0) is 12.8. The van der Waals surface area contributed by atoms with Crippen LogP contribution in [0.3, 0.4) is 0 Å². The van der Waals surface area contributed by atoms with E-state index in [1.54, 1.807) is 22.7 Å². The third-order valence-electron chi connectivity index (χ3n) is 3.02. The van der Waals surface area contributed by atoms with Gasteiger partial charge in [0.05, 0.1) is 5.01 Å². The second-order valence-electron chi connectivity index (χ2n) is 5.96. The summed E-state index contributed by atoms with van der Waals surface area (Å²) in [6.07, 6.45) is 0. The molecule has 0 amide bonds. The molecule has 0 fully saturated rings. The number of hydrogen-bond donors (Lipinski definition) is 0. The first kappa shape index (κ1) is 13.0. The molecular weight excluding hydrogens is 248 g/mol. The number of rotatable bonds is 2. The van der Waals surface area contributed by atoms with E-state index in [0.717, 1.165) is 9.66 Å². The Bertz CT molecular complexity index is 485. The van der Waals surface area contributed by atoms with Crippen LogP contribution in [-0.4, -0.2) is 9.97 Å². The molecule has 0 N–H and O–H groups in total. The van der Waals surface area contributed by atoms with Crippen molar-refractivity contribution in [3.63, 3.8) is 0 Å². The molecule has 4 heteroatoms. The molecule has 0 aliphatic heterocycles. The largest absolute Gasteiger partial charge is 0.228 e. The average molecular weight is 268 g/mol. The lowest BCUT2D eigenvalue weighted by molar-refractivity contribution is 0.533. The van der Waals surface area contributed by atoms with Crippen molar-refractivity contribution in [2.45, 2.75) is 52.9 Å². The van der Waals surface area contributed by atoms with Crippen molar-refractivity contribution >= 4 is 32.3 Å². The maximum Gasteiger partial charge on any atom is 0.155 e. The van der Waals surface area contributed by atoms with Crippen molar-refractivity contribution in [2.24, 2.45) is 5.92 Å². The van der Waals surface area contributed by atoms with Crippen LogP contribution >= 0.6 is 22.7 Å². The second-order valence-corrected chi connectivity index (χ2v) is 7.95. The van der Waals surface area contributed by atoms with Gasteiger partial charge in [0.25, 0.3) is 0 Å². The van der Waals surface area contributed by atoms with Crippen LogP contribution in [0.1, 0.15) is 57.5 Å². The van der Waals surface area contributed by atoms with Crippen molar-refractivity contribution in [1.29, 1.82) is 0 Å². The van der Waals surface area contributed by atoms with Gasteiger partial charge in [0.15, 0.2) is 9.66 Å². The maximum atomic E-state index is 4.74. The minimum absolute atomic E-state index is 0.134. The van der Waals surface area contributed by atoms with Crippen LogP contribution in [0.25, 0.3) is 9.66 Å². The Morgan fingerprint density at radius 2 is 1.53 bits per heavy atom. The molecule has 0 radical (unpaired) electrons. The van der Waals surface area contributed by atoms with Gasteiger partial charge >= 0.3 is 0 Å². The molecule has 1 atom stereocenters. The Kier molecular flexibility index (Phi) is 3.29. The van der Waals surface area contributed by atoms with Gasteiger partial charge < -0.3 is 0 Å². The quantitative estimate of drug-likeness (QED) is 0.781. The van der Waals surface area contributed by atoms with Gasteiger partial charge in [0.2, 0.25) is 0 Å². The normalized spacial score (nSPS) is 14.8.